The number of benzene rings is 3. The number of hydrogen-bond acceptors (Lipinski definition) is 3. The first-order valence-electron chi connectivity index (χ1n) is 8.51. The summed E-state index contributed by atoms with van der Waals surface area (Å²) < 4.78 is 0. The Balaban J connectivity index is 1.85. The van der Waals surface area contributed by atoms with E-state index in [0.29, 0.717) is 10.9 Å². The van der Waals surface area contributed by atoms with Gasteiger partial charge in [0.25, 0.3) is 0 Å². The molecule has 26 heavy (non-hydrogen) atoms. The molecular weight excluding hydrogens is 344 g/mol. The summed E-state index contributed by atoms with van der Waals surface area (Å²) in [5.74, 6) is 0.683. The van der Waals surface area contributed by atoms with Gasteiger partial charge in [-0.05, 0) is 38.1 Å². The van der Waals surface area contributed by atoms with E-state index in [2.05, 4.69) is 67.9 Å². The van der Waals surface area contributed by atoms with Crippen molar-refractivity contribution in [1.29, 1.82) is 0 Å². The van der Waals surface area contributed by atoms with Crippen LogP contribution in [-0.4, -0.2) is 5.84 Å². The van der Waals surface area contributed by atoms with Crippen LogP contribution in [0.3, 0.4) is 0 Å². The molecule has 130 valence electrons. The van der Waals surface area contributed by atoms with Crippen LogP contribution >= 0.6 is 11.6 Å². The van der Waals surface area contributed by atoms with Crippen LogP contribution in [0.15, 0.2) is 77.8 Å². The summed E-state index contributed by atoms with van der Waals surface area (Å²) in [6.07, 6.45) is 0. The SMILES string of the molecule is Cc1ccc(C2(c3ccc(C)cc3)N=C(c3ccc(Cl)cc3)NO2)cc1. The van der Waals surface area contributed by atoms with E-state index < -0.39 is 5.72 Å². The van der Waals surface area contributed by atoms with Gasteiger partial charge in [-0.15, -0.1) is 0 Å². The minimum Gasteiger partial charge on any atom is -0.245 e. The third-order valence-electron chi connectivity index (χ3n) is 4.57. The maximum atomic E-state index is 6.10. The molecule has 0 unspecified atom stereocenters. The minimum atomic E-state index is -0.920. The highest BCUT2D eigenvalue weighted by atomic mass is 35.5. The van der Waals surface area contributed by atoms with Crippen molar-refractivity contribution in [2.75, 3.05) is 0 Å². The lowest BCUT2D eigenvalue weighted by Crippen LogP contribution is -2.29. The average molecular weight is 363 g/mol. The minimum absolute atomic E-state index is 0.683. The van der Waals surface area contributed by atoms with Gasteiger partial charge < -0.3 is 0 Å². The van der Waals surface area contributed by atoms with Crippen molar-refractivity contribution in [3.63, 3.8) is 0 Å². The van der Waals surface area contributed by atoms with Crippen molar-refractivity contribution in [2.24, 2.45) is 4.99 Å². The largest absolute Gasteiger partial charge is 0.245 e. The number of hydroxylamine groups is 1. The van der Waals surface area contributed by atoms with Gasteiger partial charge in [0.1, 0.15) is 0 Å². The summed E-state index contributed by atoms with van der Waals surface area (Å²) in [5.41, 5.74) is 7.36. The molecule has 1 aliphatic heterocycles. The summed E-state index contributed by atoms with van der Waals surface area (Å²) in [4.78, 5) is 11.1. The number of aliphatic imine (C=N–C) groups is 1. The second kappa shape index (κ2) is 6.60. The molecule has 4 rings (SSSR count). The lowest BCUT2D eigenvalue weighted by Gasteiger charge is -2.25. The van der Waals surface area contributed by atoms with Gasteiger partial charge in [-0.1, -0.05) is 71.3 Å². The van der Waals surface area contributed by atoms with Crippen molar-refractivity contribution in [3.05, 3.63) is 106 Å². The second-order valence-corrected chi connectivity index (χ2v) is 6.98. The van der Waals surface area contributed by atoms with Crippen molar-refractivity contribution in [1.82, 2.24) is 5.48 Å². The van der Waals surface area contributed by atoms with Crippen LogP contribution in [0.1, 0.15) is 27.8 Å². The maximum absolute atomic E-state index is 6.10. The molecule has 0 radical (unpaired) electrons. The number of nitrogens with one attached hydrogen (secondary N) is 1. The van der Waals surface area contributed by atoms with Crippen LogP contribution in [0.5, 0.6) is 0 Å². The highest BCUT2D eigenvalue weighted by Crippen LogP contribution is 2.38. The van der Waals surface area contributed by atoms with Crippen LogP contribution in [0, 0.1) is 13.8 Å². The van der Waals surface area contributed by atoms with E-state index in [4.69, 9.17) is 21.4 Å². The van der Waals surface area contributed by atoms with E-state index in [0.717, 1.165) is 16.7 Å². The Morgan fingerprint density at radius 1 is 0.769 bits per heavy atom. The number of halogens is 1. The van der Waals surface area contributed by atoms with Crippen LogP contribution in [0.4, 0.5) is 0 Å². The first kappa shape index (κ1) is 16.8. The summed E-state index contributed by atoms with van der Waals surface area (Å²) >= 11 is 6.00. The zero-order chi connectivity index (χ0) is 18.1. The van der Waals surface area contributed by atoms with E-state index in [1.807, 2.05) is 24.3 Å². The molecule has 0 saturated carbocycles. The smallest absolute Gasteiger partial charge is 0.238 e. The second-order valence-electron chi connectivity index (χ2n) is 6.55. The van der Waals surface area contributed by atoms with Gasteiger partial charge in [0.15, 0.2) is 5.84 Å². The molecule has 1 heterocycles. The molecule has 0 bridgehead atoms. The number of aryl methyl sites for hydroxylation is 2. The first-order chi connectivity index (χ1) is 12.6. The van der Waals surface area contributed by atoms with Crippen LogP contribution in [0.25, 0.3) is 0 Å². The summed E-state index contributed by atoms with van der Waals surface area (Å²) in [5, 5.41) is 0.691. The van der Waals surface area contributed by atoms with Gasteiger partial charge in [0.2, 0.25) is 5.72 Å². The van der Waals surface area contributed by atoms with Crippen molar-refractivity contribution in [2.45, 2.75) is 19.6 Å². The molecule has 0 fully saturated rings. The predicted octanol–water partition coefficient (Wildman–Crippen LogP) is 5.14. The molecule has 0 atom stereocenters. The fourth-order valence-electron chi connectivity index (χ4n) is 3.03. The molecule has 1 aliphatic rings. The van der Waals surface area contributed by atoms with Gasteiger partial charge in [-0.2, -0.15) is 0 Å². The highest BCUT2D eigenvalue weighted by Gasteiger charge is 2.41. The van der Waals surface area contributed by atoms with E-state index >= 15 is 0 Å². The normalized spacial score (nSPS) is 15.4. The Morgan fingerprint density at radius 2 is 1.27 bits per heavy atom. The van der Waals surface area contributed by atoms with Gasteiger partial charge in [0.05, 0.1) is 0 Å². The third kappa shape index (κ3) is 3.00. The summed E-state index contributed by atoms with van der Waals surface area (Å²) in [6.45, 7) is 4.14. The molecule has 0 aliphatic carbocycles. The highest BCUT2D eigenvalue weighted by molar-refractivity contribution is 6.30. The molecule has 3 aromatic rings. The topological polar surface area (TPSA) is 33.6 Å². The third-order valence-corrected chi connectivity index (χ3v) is 4.82. The fourth-order valence-corrected chi connectivity index (χ4v) is 3.16. The van der Waals surface area contributed by atoms with E-state index in [9.17, 15) is 0 Å². The number of hydrogen-bond donors (Lipinski definition) is 1. The fraction of sp³-hybridized carbons (Fsp3) is 0.136. The lowest BCUT2D eigenvalue weighted by atomic mass is 9.93. The first-order valence-corrected chi connectivity index (χ1v) is 8.89. The Kier molecular flexibility index (Phi) is 4.27. The quantitative estimate of drug-likeness (QED) is 0.700. The van der Waals surface area contributed by atoms with E-state index in [1.54, 1.807) is 0 Å². The lowest BCUT2D eigenvalue weighted by molar-refractivity contribution is -0.0286. The molecular formula is C22H19ClN2O. The van der Waals surface area contributed by atoms with Gasteiger partial charge in [-0.3, -0.25) is 0 Å². The Labute approximate surface area is 158 Å². The van der Waals surface area contributed by atoms with Gasteiger partial charge in [0, 0.05) is 21.7 Å². The zero-order valence-electron chi connectivity index (χ0n) is 14.7. The monoisotopic (exact) mass is 362 g/mol. The van der Waals surface area contributed by atoms with Gasteiger partial charge in [-0.25, -0.2) is 15.3 Å². The summed E-state index contributed by atoms with van der Waals surface area (Å²) in [7, 11) is 0. The van der Waals surface area contributed by atoms with Crippen LogP contribution in [0.2, 0.25) is 5.02 Å². The Morgan fingerprint density at radius 3 is 1.77 bits per heavy atom. The molecule has 0 aromatic heterocycles. The molecule has 0 saturated heterocycles. The van der Waals surface area contributed by atoms with Gasteiger partial charge >= 0.3 is 0 Å². The number of nitrogens with zero attached hydrogens (tertiary/aromatic N) is 1. The number of rotatable bonds is 3. The molecule has 3 aromatic carbocycles. The molecule has 3 nitrogen and oxygen atoms in total. The molecule has 1 N–H and O–H groups in total. The van der Waals surface area contributed by atoms with Crippen molar-refractivity contribution >= 4 is 17.4 Å². The predicted molar refractivity (Wildman–Crippen MR) is 105 cm³/mol. The standard InChI is InChI=1S/C22H19ClN2O/c1-15-3-9-18(10-4-15)22(19-11-5-16(2)6-12-19)24-21(25-26-22)17-7-13-20(23)14-8-17/h3-14H,1-2H3,(H,24,25). The average Bonchev–Trinajstić information content (AvgIpc) is 3.10. The maximum Gasteiger partial charge on any atom is 0.238 e. The number of amidine groups is 1. The van der Waals surface area contributed by atoms with Crippen molar-refractivity contribution in [3.8, 4) is 0 Å². The van der Waals surface area contributed by atoms with Crippen LogP contribution in [-0.2, 0) is 10.6 Å². The Bertz CT molecular complexity index is 899. The molecule has 0 spiro atoms. The van der Waals surface area contributed by atoms with E-state index in [1.165, 1.54) is 11.1 Å². The molecule has 4 heteroatoms. The van der Waals surface area contributed by atoms with E-state index in [-0.39, 0.29) is 0 Å². The molecule has 0 amide bonds. The zero-order valence-corrected chi connectivity index (χ0v) is 15.4. The van der Waals surface area contributed by atoms with Crippen molar-refractivity contribution < 1.29 is 4.84 Å². The Hall–Kier alpha value is -2.62. The van der Waals surface area contributed by atoms with Crippen LogP contribution < -0.4 is 5.48 Å². The summed E-state index contributed by atoms with van der Waals surface area (Å²) in [6, 6.07) is 24.1.